The number of benzene rings is 2. The Labute approximate surface area is 184 Å². The van der Waals surface area contributed by atoms with E-state index in [1.807, 2.05) is 13.8 Å². The van der Waals surface area contributed by atoms with Gasteiger partial charge < -0.3 is 20.4 Å². The summed E-state index contributed by atoms with van der Waals surface area (Å²) in [6.45, 7) is 8.12. The van der Waals surface area contributed by atoms with E-state index in [1.54, 1.807) is 19.9 Å². The second kappa shape index (κ2) is 11.7. The summed E-state index contributed by atoms with van der Waals surface area (Å²) in [5.41, 5.74) is 0.383. The fourth-order valence-corrected chi connectivity index (χ4v) is 2.61. The van der Waals surface area contributed by atoms with Crippen molar-refractivity contribution < 1.29 is 22.4 Å². The number of aromatic nitrogens is 2. The van der Waals surface area contributed by atoms with Gasteiger partial charge in [0.2, 0.25) is 5.91 Å². The van der Waals surface area contributed by atoms with E-state index in [0.717, 1.165) is 6.07 Å². The van der Waals surface area contributed by atoms with Gasteiger partial charge in [-0.25, -0.2) is 13.2 Å². The first-order valence-corrected chi connectivity index (χ1v) is 10.2. The van der Waals surface area contributed by atoms with Crippen LogP contribution in [-0.2, 0) is 4.79 Å². The summed E-state index contributed by atoms with van der Waals surface area (Å²) in [5.74, 6) is -3.12. The van der Waals surface area contributed by atoms with Crippen LogP contribution in [0.3, 0.4) is 0 Å². The summed E-state index contributed by atoms with van der Waals surface area (Å²) < 4.78 is 48.0. The third kappa shape index (κ3) is 6.22. The van der Waals surface area contributed by atoms with Gasteiger partial charge in [-0.05, 0) is 36.8 Å². The average Bonchev–Trinajstić information content (AvgIpc) is 3.26. The zero-order valence-corrected chi connectivity index (χ0v) is 18.4. The largest absolute Gasteiger partial charge is 0.403 e. The second-order valence-corrected chi connectivity index (χ2v) is 6.43. The third-order valence-electron chi connectivity index (χ3n) is 4.18. The smallest absolute Gasteiger partial charge is 0.315 e. The normalized spacial score (nSPS) is 10.2. The first-order chi connectivity index (χ1) is 15.4. The fourth-order valence-electron chi connectivity index (χ4n) is 2.61. The molecule has 0 bridgehead atoms. The van der Waals surface area contributed by atoms with Crippen LogP contribution in [0.15, 0.2) is 34.7 Å². The van der Waals surface area contributed by atoms with E-state index in [4.69, 9.17) is 4.42 Å². The molecule has 1 aromatic heterocycles. The lowest BCUT2D eigenvalue weighted by Gasteiger charge is -2.12. The molecule has 0 aliphatic heterocycles. The number of aryl methyl sites for hydroxylation is 1. The molecule has 3 N–H and O–H groups in total. The Morgan fingerprint density at radius 2 is 1.78 bits per heavy atom. The van der Waals surface area contributed by atoms with Crippen LogP contribution in [0.5, 0.6) is 0 Å². The van der Waals surface area contributed by atoms with E-state index >= 15 is 0 Å². The summed E-state index contributed by atoms with van der Waals surface area (Å²) in [6.07, 6.45) is 0.373. The molecular weight excluding hydrogens is 423 g/mol. The Bertz CT molecular complexity index is 1060. The molecule has 172 valence electrons. The Balaban J connectivity index is 0.00000176. The molecule has 0 fully saturated rings. The van der Waals surface area contributed by atoms with Gasteiger partial charge in [0.05, 0.1) is 16.9 Å². The van der Waals surface area contributed by atoms with E-state index in [1.165, 1.54) is 18.2 Å². The maximum Gasteiger partial charge on any atom is 0.315 e. The monoisotopic (exact) mass is 449 g/mol. The molecule has 0 atom stereocenters. The van der Waals surface area contributed by atoms with E-state index in [0.29, 0.717) is 25.1 Å². The van der Waals surface area contributed by atoms with Crippen molar-refractivity contribution in [3.63, 3.8) is 0 Å². The molecule has 0 radical (unpaired) electrons. The van der Waals surface area contributed by atoms with Gasteiger partial charge in [0, 0.05) is 19.5 Å². The van der Waals surface area contributed by atoms with Crippen LogP contribution in [0.1, 0.15) is 32.8 Å². The Kier molecular flexibility index (Phi) is 9.06. The summed E-state index contributed by atoms with van der Waals surface area (Å²) in [5, 5.41) is 15.7. The van der Waals surface area contributed by atoms with Gasteiger partial charge in [-0.3, -0.25) is 4.79 Å². The average molecular weight is 449 g/mol. The Hall–Kier alpha value is -3.56. The van der Waals surface area contributed by atoms with Crippen molar-refractivity contribution in [2.24, 2.45) is 0 Å². The number of carbonyl (C=O) groups excluding carboxylic acids is 1. The molecule has 0 spiro atoms. The molecule has 0 unspecified atom stereocenters. The number of hydrogen-bond donors (Lipinski definition) is 3. The van der Waals surface area contributed by atoms with Crippen molar-refractivity contribution >= 4 is 23.3 Å². The van der Waals surface area contributed by atoms with Crippen LogP contribution in [0.4, 0.5) is 30.6 Å². The van der Waals surface area contributed by atoms with Gasteiger partial charge in [0.15, 0.2) is 11.6 Å². The van der Waals surface area contributed by atoms with E-state index in [2.05, 4.69) is 26.1 Å². The minimum Gasteiger partial charge on any atom is -0.403 e. The molecule has 0 aliphatic carbocycles. The van der Waals surface area contributed by atoms with Gasteiger partial charge in [0.25, 0.3) is 5.89 Å². The highest BCUT2D eigenvalue weighted by molar-refractivity contribution is 5.78. The highest BCUT2D eigenvalue weighted by Crippen LogP contribution is 2.34. The fraction of sp³-hybridized carbons (Fsp3) is 0.318. The first-order valence-electron chi connectivity index (χ1n) is 10.2. The van der Waals surface area contributed by atoms with Crippen molar-refractivity contribution in [3.8, 4) is 11.5 Å². The van der Waals surface area contributed by atoms with Crippen molar-refractivity contribution in [1.29, 1.82) is 0 Å². The predicted octanol–water partition coefficient (Wildman–Crippen LogP) is 5.17. The number of rotatable bonds is 8. The van der Waals surface area contributed by atoms with Gasteiger partial charge in [-0.15, -0.1) is 5.10 Å². The molecule has 10 heteroatoms. The zero-order chi connectivity index (χ0) is 23.7. The number of nitrogens with zero attached hydrogens (tertiary/aromatic N) is 2. The molecule has 3 aromatic rings. The molecule has 0 saturated heterocycles. The number of halogens is 3. The van der Waals surface area contributed by atoms with Crippen molar-refractivity contribution in [1.82, 2.24) is 15.5 Å². The molecule has 3 rings (SSSR count). The van der Waals surface area contributed by atoms with Gasteiger partial charge in [0.1, 0.15) is 5.82 Å². The lowest BCUT2D eigenvalue weighted by atomic mass is 10.1. The van der Waals surface area contributed by atoms with Crippen molar-refractivity contribution in [2.45, 2.75) is 34.1 Å². The first kappa shape index (κ1) is 24.7. The third-order valence-corrected chi connectivity index (χ3v) is 4.18. The number of carbonyl (C=O) groups is 1. The number of nitrogens with one attached hydrogen (secondary N) is 3. The van der Waals surface area contributed by atoms with Crippen LogP contribution >= 0.6 is 0 Å². The van der Waals surface area contributed by atoms with Crippen LogP contribution in [0.2, 0.25) is 0 Å². The second-order valence-electron chi connectivity index (χ2n) is 6.43. The van der Waals surface area contributed by atoms with Gasteiger partial charge in [-0.1, -0.05) is 31.9 Å². The Morgan fingerprint density at radius 3 is 2.47 bits per heavy atom. The minimum atomic E-state index is -1.21. The summed E-state index contributed by atoms with van der Waals surface area (Å²) in [4.78, 5) is 11.2. The van der Waals surface area contributed by atoms with Crippen molar-refractivity contribution in [3.05, 3.63) is 53.3 Å². The van der Waals surface area contributed by atoms with E-state index in [-0.39, 0.29) is 34.8 Å². The molecule has 1 heterocycles. The molecular formula is C22H26F3N5O2. The van der Waals surface area contributed by atoms with Gasteiger partial charge >= 0.3 is 6.01 Å². The quantitative estimate of drug-likeness (QED) is 0.411. The van der Waals surface area contributed by atoms with Crippen LogP contribution in [-0.4, -0.2) is 29.2 Å². The lowest BCUT2D eigenvalue weighted by Crippen LogP contribution is -2.27. The highest BCUT2D eigenvalue weighted by Gasteiger charge is 2.20. The summed E-state index contributed by atoms with van der Waals surface area (Å²) >= 11 is 0. The van der Waals surface area contributed by atoms with E-state index in [9.17, 15) is 18.0 Å². The van der Waals surface area contributed by atoms with Crippen LogP contribution in [0, 0.1) is 24.4 Å². The van der Waals surface area contributed by atoms with Crippen LogP contribution < -0.4 is 16.0 Å². The molecule has 32 heavy (non-hydrogen) atoms. The van der Waals surface area contributed by atoms with Crippen LogP contribution in [0.25, 0.3) is 11.5 Å². The maximum absolute atomic E-state index is 14.5. The molecule has 2 aromatic carbocycles. The number of anilines is 3. The minimum absolute atomic E-state index is 0.0316. The maximum atomic E-state index is 14.5. The summed E-state index contributed by atoms with van der Waals surface area (Å²) in [7, 11) is 0. The topological polar surface area (TPSA) is 92.1 Å². The lowest BCUT2D eigenvalue weighted by molar-refractivity contribution is -0.120. The predicted molar refractivity (Wildman–Crippen MR) is 117 cm³/mol. The molecule has 1 amide bonds. The SMILES string of the molecule is CC.CCC(=O)NCCNc1nnc(-c2ccc(F)c(F)c2Nc2ccc(C)cc2F)o1. The molecule has 0 saturated carbocycles. The molecule has 0 aliphatic rings. The zero-order valence-electron chi connectivity index (χ0n) is 18.4. The summed E-state index contributed by atoms with van der Waals surface area (Å²) in [6, 6.07) is 6.53. The standard InChI is InChI=1S/C20H20F3N5O2.C2H6/c1-3-16(29)24-8-9-25-20-28-27-19(30-20)12-5-6-13(21)17(23)18(12)26-15-7-4-11(2)10-14(15)22;1-2/h4-7,10,26H,3,8-9H2,1-2H3,(H,24,29)(H,25,28);1-2H3. The Morgan fingerprint density at radius 1 is 1.03 bits per heavy atom. The molecule has 7 nitrogen and oxygen atoms in total. The van der Waals surface area contributed by atoms with Gasteiger partial charge in [-0.2, -0.15) is 0 Å². The van der Waals surface area contributed by atoms with Crippen molar-refractivity contribution in [2.75, 3.05) is 23.7 Å². The van der Waals surface area contributed by atoms with E-state index < -0.39 is 17.5 Å². The highest BCUT2D eigenvalue weighted by atomic mass is 19.2. The number of amides is 1. The number of hydrogen-bond acceptors (Lipinski definition) is 6.